The van der Waals surface area contributed by atoms with Gasteiger partial charge in [-0.05, 0) is 29.8 Å². The van der Waals surface area contributed by atoms with E-state index in [1.165, 1.54) is 24.3 Å². The zero-order chi connectivity index (χ0) is 25.7. The molecule has 2 aromatic carbocycles. The van der Waals surface area contributed by atoms with Crippen LogP contribution in [0.3, 0.4) is 0 Å². The van der Waals surface area contributed by atoms with Gasteiger partial charge in [0.1, 0.15) is 22.2 Å². The van der Waals surface area contributed by atoms with Gasteiger partial charge in [0, 0.05) is 10.6 Å². The number of aromatic nitrogens is 3. The molecule has 2 heterocycles. The molecular formula is C21H14BCl2F2N5O4. The average molecular weight is 520 g/mol. The molecule has 6 N–H and O–H groups in total. The van der Waals surface area contributed by atoms with Gasteiger partial charge in [-0.15, -0.1) is 0 Å². The summed E-state index contributed by atoms with van der Waals surface area (Å²) < 4.78 is 31.0. The third-order valence-corrected chi connectivity index (χ3v) is 5.48. The molecule has 1 atom stereocenters. The Labute approximate surface area is 207 Å². The Morgan fingerprint density at radius 1 is 1.20 bits per heavy atom. The third-order valence-electron chi connectivity index (χ3n) is 4.98. The molecular weight excluding hydrogens is 506 g/mol. The molecule has 1 unspecified atom stereocenters. The van der Waals surface area contributed by atoms with Gasteiger partial charge in [0.15, 0.2) is 37.1 Å². The lowest BCUT2D eigenvalue weighted by Gasteiger charge is -2.15. The van der Waals surface area contributed by atoms with E-state index in [2.05, 4.69) is 15.3 Å². The van der Waals surface area contributed by atoms with Gasteiger partial charge in [0.25, 0.3) is 5.91 Å². The zero-order valence-electron chi connectivity index (χ0n) is 17.4. The lowest BCUT2D eigenvalue weighted by atomic mass is 9.94. The van der Waals surface area contributed by atoms with Crippen LogP contribution in [0.25, 0.3) is 16.8 Å². The molecule has 2 aromatic heterocycles. The van der Waals surface area contributed by atoms with Crippen molar-refractivity contribution in [2.45, 2.75) is 11.8 Å². The van der Waals surface area contributed by atoms with Gasteiger partial charge in [0.05, 0.1) is 11.9 Å². The number of aliphatic hydroxyl groups excluding tert-OH is 1. The molecule has 4 aromatic rings. The number of carbonyl (C=O) groups excluding carboxylic acids is 1. The van der Waals surface area contributed by atoms with Crippen LogP contribution in [0, 0.1) is 11.6 Å². The molecule has 2 radical (unpaired) electrons. The first-order valence-corrected chi connectivity index (χ1v) is 10.4. The Bertz CT molecular complexity index is 1480. The molecule has 178 valence electrons. The largest absolute Gasteiger partial charge is 0.382 e. The quantitative estimate of drug-likeness (QED) is 0.201. The summed E-state index contributed by atoms with van der Waals surface area (Å²) in [6.45, 7) is 0. The summed E-state index contributed by atoms with van der Waals surface area (Å²) in [6, 6.07) is 7.89. The van der Waals surface area contributed by atoms with E-state index >= 15 is 4.39 Å². The van der Waals surface area contributed by atoms with Crippen LogP contribution in [0.2, 0.25) is 10.2 Å². The van der Waals surface area contributed by atoms with Crippen molar-refractivity contribution < 1.29 is 28.9 Å². The summed E-state index contributed by atoms with van der Waals surface area (Å²) in [5.74, 6) is -4.87. The summed E-state index contributed by atoms with van der Waals surface area (Å²) in [4.78, 5) is 20.1. The van der Waals surface area contributed by atoms with Gasteiger partial charge in [0.2, 0.25) is 0 Å². The van der Waals surface area contributed by atoms with Gasteiger partial charge in [-0.25, -0.2) is 18.7 Å². The molecule has 0 aliphatic heterocycles. The van der Waals surface area contributed by atoms with Crippen molar-refractivity contribution in [2.24, 2.45) is 0 Å². The minimum absolute atomic E-state index is 0.141. The number of fused-ring (bicyclic) bond motifs is 1. The topological polar surface area (TPSA) is 146 Å². The number of nitrogens with two attached hydrogens (primary N) is 1. The Morgan fingerprint density at radius 2 is 1.91 bits per heavy atom. The van der Waals surface area contributed by atoms with Crippen molar-refractivity contribution >= 4 is 54.0 Å². The number of hydrogen-bond donors (Lipinski definition) is 5. The number of hydrogen-bond acceptors (Lipinski definition) is 7. The van der Waals surface area contributed by atoms with Crippen LogP contribution in [0.15, 0.2) is 42.6 Å². The molecule has 0 spiro atoms. The van der Waals surface area contributed by atoms with Crippen molar-refractivity contribution in [1.82, 2.24) is 14.4 Å². The van der Waals surface area contributed by atoms with Crippen molar-refractivity contribution in [3.05, 3.63) is 75.8 Å². The van der Waals surface area contributed by atoms with Crippen LogP contribution in [-0.4, -0.2) is 43.4 Å². The van der Waals surface area contributed by atoms with E-state index in [0.29, 0.717) is 0 Å². The van der Waals surface area contributed by atoms with E-state index in [1.54, 1.807) is 0 Å². The SMILES string of the molecule is [B]C(O)(O)c1nc(-c2ccc(NC(=O)C(O)c3cccc(Cl)c3)c(F)c2F)c2c(N)ncc(Cl)n12. The highest BCUT2D eigenvalue weighted by atomic mass is 35.5. The lowest BCUT2D eigenvalue weighted by molar-refractivity contribution is -0.124. The molecule has 0 saturated carbocycles. The number of aliphatic hydroxyl groups is 3. The second kappa shape index (κ2) is 9.06. The van der Waals surface area contributed by atoms with Crippen molar-refractivity contribution in [3.63, 3.8) is 0 Å². The zero-order valence-corrected chi connectivity index (χ0v) is 18.9. The summed E-state index contributed by atoms with van der Waals surface area (Å²) in [5.41, 5.74) is 1.41. The number of nitrogens with zero attached hydrogens (tertiary/aromatic N) is 3. The molecule has 0 aliphatic carbocycles. The molecule has 0 aliphatic rings. The summed E-state index contributed by atoms with van der Waals surface area (Å²) >= 11 is 11.9. The monoisotopic (exact) mass is 519 g/mol. The van der Waals surface area contributed by atoms with Crippen LogP contribution in [-0.2, 0) is 10.5 Å². The number of nitrogens with one attached hydrogen (secondary N) is 1. The maximum Gasteiger partial charge on any atom is 0.257 e. The standard InChI is InChI=1S/C21H14BCl2F2N5O4/c22-21(34,35)20-30-15(16-18(27)28-7-12(24)31(16)20)10-4-5-11(14(26)13(10)25)29-19(33)17(32)8-2-1-3-9(23)6-8/h1-7,17,32,34-35H,(H2,27,28)(H,29,33). The summed E-state index contributed by atoms with van der Waals surface area (Å²) in [6.07, 6.45) is -0.638. The fourth-order valence-corrected chi connectivity index (χ4v) is 3.81. The smallest absolute Gasteiger partial charge is 0.257 e. The summed E-state index contributed by atoms with van der Waals surface area (Å²) in [5, 5.41) is 32.2. The van der Waals surface area contributed by atoms with Crippen LogP contribution in [0.1, 0.15) is 17.5 Å². The van der Waals surface area contributed by atoms with Gasteiger partial charge >= 0.3 is 0 Å². The maximum absolute atomic E-state index is 15.1. The number of rotatable bonds is 5. The molecule has 0 fully saturated rings. The fourth-order valence-electron chi connectivity index (χ4n) is 3.40. The minimum Gasteiger partial charge on any atom is -0.382 e. The van der Waals surface area contributed by atoms with Gasteiger partial charge in [-0.3, -0.25) is 9.20 Å². The third kappa shape index (κ3) is 4.54. The first-order chi connectivity index (χ1) is 16.4. The number of carbonyl (C=O) groups is 1. The van der Waals surface area contributed by atoms with Crippen LogP contribution < -0.4 is 11.1 Å². The molecule has 0 bridgehead atoms. The molecule has 4 rings (SSSR count). The number of anilines is 2. The second-order valence-corrected chi connectivity index (χ2v) is 8.22. The molecule has 35 heavy (non-hydrogen) atoms. The lowest BCUT2D eigenvalue weighted by Crippen LogP contribution is -2.28. The Balaban J connectivity index is 1.76. The van der Waals surface area contributed by atoms with E-state index in [-0.39, 0.29) is 32.8 Å². The number of halogens is 4. The van der Waals surface area contributed by atoms with Gasteiger partial charge < -0.3 is 26.4 Å². The second-order valence-electron chi connectivity index (χ2n) is 7.40. The van der Waals surface area contributed by atoms with Crippen LogP contribution in [0.5, 0.6) is 0 Å². The Kier molecular flexibility index (Phi) is 6.43. The highest BCUT2D eigenvalue weighted by Crippen LogP contribution is 2.36. The van der Waals surface area contributed by atoms with E-state index in [0.717, 1.165) is 22.7 Å². The van der Waals surface area contributed by atoms with E-state index < -0.39 is 46.4 Å². The van der Waals surface area contributed by atoms with E-state index in [1.807, 2.05) is 0 Å². The Morgan fingerprint density at radius 3 is 2.57 bits per heavy atom. The van der Waals surface area contributed by atoms with Crippen LogP contribution >= 0.6 is 23.2 Å². The minimum atomic E-state index is -3.02. The first-order valence-electron chi connectivity index (χ1n) is 9.69. The van der Waals surface area contributed by atoms with Gasteiger partial charge in [-0.2, -0.15) is 0 Å². The highest BCUT2D eigenvalue weighted by molar-refractivity contribution is 6.30. The number of amides is 1. The Hall–Kier alpha value is -3.29. The van der Waals surface area contributed by atoms with Gasteiger partial charge in [-0.1, -0.05) is 35.3 Å². The van der Waals surface area contributed by atoms with E-state index in [9.17, 15) is 24.5 Å². The number of benzene rings is 2. The number of imidazole rings is 1. The molecule has 0 saturated heterocycles. The average Bonchev–Trinajstić information content (AvgIpc) is 3.21. The van der Waals surface area contributed by atoms with Crippen molar-refractivity contribution in [2.75, 3.05) is 11.1 Å². The van der Waals surface area contributed by atoms with E-state index in [4.69, 9.17) is 36.8 Å². The highest BCUT2D eigenvalue weighted by Gasteiger charge is 2.31. The van der Waals surface area contributed by atoms with Crippen LogP contribution in [0.4, 0.5) is 20.3 Å². The molecule has 14 heteroatoms. The molecule has 1 amide bonds. The maximum atomic E-state index is 15.1. The van der Waals surface area contributed by atoms with Crippen molar-refractivity contribution in [1.29, 1.82) is 0 Å². The molecule has 9 nitrogen and oxygen atoms in total. The predicted octanol–water partition coefficient (Wildman–Crippen LogP) is 2.50. The predicted molar refractivity (Wildman–Crippen MR) is 125 cm³/mol. The normalized spacial score (nSPS) is 12.7. The van der Waals surface area contributed by atoms with Crippen molar-refractivity contribution in [3.8, 4) is 11.3 Å². The number of nitrogen functional groups attached to an aromatic ring is 1. The fraction of sp³-hybridized carbons (Fsp3) is 0.0952. The summed E-state index contributed by atoms with van der Waals surface area (Å²) in [7, 11) is 5.33. The first kappa shape index (κ1) is 24.8.